The van der Waals surface area contributed by atoms with Gasteiger partial charge < -0.3 is 19.6 Å². The molecule has 6 rings (SSSR count). The summed E-state index contributed by atoms with van der Waals surface area (Å²) in [6, 6.07) is 10.9. The van der Waals surface area contributed by atoms with Gasteiger partial charge in [-0.05, 0) is 57.4 Å². The van der Waals surface area contributed by atoms with Crippen LogP contribution in [-0.4, -0.2) is 35.6 Å². The van der Waals surface area contributed by atoms with Crippen molar-refractivity contribution < 1.29 is 17.9 Å². The number of sulfone groups is 1. The van der Waals surface area contributed by atoms with Crippen molar-refractivity contribution in [2.45, 2.75) is 67.6 Å². The smallest absolute Gasteiger partial charge is 0.340 e. The largest absolute Gasteiger partial charge is 0.456 e. The van der Waals surface area contributed by atoms with Gasteiger partial charge in [0, 0.05) is 53.1 Å². The van der Waals surface area contributed by atoms with Gasteiger partial charge in [0.2, 0.25) is 9.84 Å². The molecular weight excluding hydrogens is 498 g/mol. The standard InChI is InChI=1S/C27H28ClN3O4S/c1-27(2,3)35-26(32)23-20(36(33,34)25-24(28)15-7-5-6-8-16(15)30-25)12-11-18-22(23)21-17-10-9-14(29-17)13-19(21)31(18)4/h5-8,11-12,14,17,29-30H,9-10,13H2,1-4H3. The second kappa shape index (κ2) is 7.84. The lowest BCUT2D eigenvalue weighted by Gasteiger charge is -2.24. The van der Waals surface area contributed by atoms with E-state index in [0.29, 0.717) is 22.3 Å². The van der Waals surface area contributed by atoms with Crippen LogP contribution in [0.4, 0.5) is 0 Å². The summed E-state index contributed by atoms with van der Waals surface area (Å²) in [5, 5.41) is 4.88. The van der Waals surface area contributed by atoms with Crippen LogP contribution in [0.3, 0.4) is 0 Å². The molecule has 2 bridgehead atoms. The molecule has 4 heterocycles. The van der Waals surface area contributed by atoms with Crippen molar-refractivity contribution in [3.63, 3.8) is 0 Å². The summed E-state index contributed by atoms with van der Waals surface area (Å²) in [6.07, 6.45) is 2.82. The van der Waals surface area contributed by atoms with Crippen LogP contribution in [-0.2, 0) is 28.0 Å². The quantitative estimate of drug-likeness (QED) is 0.347. The van der Waals surface area contributed by atoms with Crippen LogP contribution in [0, 0.1) is 0 Å². The van der Waals surface area contributed by atoms with Gasteiger partial charge >= 0.3 is 5.97 Å². The van der Waals surface area contributed by atoms with Gasteiger partial charge in [-0.2, -0.15) is 0 Å². The number of aromatic amines is 1. The van der Waals surface area contributed by atoms with Crippen molar-refractivity contribution in [1.82, 2.24) is 14.9 Å². The third-order valence-corrected chi connectivity index (χ3v) is 9.56. The first-order valence-electron chi connectivity index (χ1n) is 12.1. The van der Waals surface area contributed by atoms with E-state index in [1.54, 1.807) is 45.0 Å². The van der Waals surface area contributed by atoms with E-state index in [-0.39, 0.29) is 26.5 Å². The summed E-state index contributed by atoms with van der Waals surface area (Å²) < 4.78 is 36.2. The molecule has 1 fully saturated rings. The third-order valence-electron chi connectivity index (χ3n) is 7.29. The SMILES string of the molecule is Cn1c2c(c3c(C(=O)OC(C)(C)C)c(S(=O)(=O)c4[nH]c5ccccc5c4Cl)ccc31)C1CCC(C2)N1. The number of nitrogens with one attached hydrogen (secondary N) is 2. The molecule has 0 aliphatic carbocycles. The van der Waals surface area contributed by atoms with E-state index in [1.807, 2.05) is 13.1 Å². The number of hydrogen-bond acceptors (Lipinski definition) is 5. The lowest BCUT2D eigenvalue weighted by molar-refractivity contribution is 0.00675. The van der Waals surface area contributed by atoms with Crippen LogP contribution in [0.25, 0.3) is 21.8 Å². The molecule has 2 aromatic carbocycles. The van der Waals surface area contributed by atoms with Crippen LogP contribution < -0.4 is 5.32 Å². The van der Waals surface area contributed by atoms with Gasteiger partial charge in [0.05, 0.1) is 15.5 Å². The van der Waals surface area contributed by atoms with E-state index in [9.17, 15) is 13.2 Å². The zero-order valence-corrected chi connectivity index (χ0v) is 22.2. The van der Waals surface area contributed by atoms with Crippen molar-refractivity contribution in [1.29, 1.82) is 0 Å². The van der Waals surface area contributed by atoms with Gasteiger partial charge in [-0.25, -0.2) is 13.2 Å². The summed E-state index contributed by atoms with van der Waals surface area (Å²) in [6.45, 7) is 5.33. The molecule has 1 saturated heterocycles. The molecule has 188 valence electrons. The molecule has 0 radical (unpaired) electrons. The van der Waals surface area contributed by atoms with Gasteiger partial charge in [-0.15, -0.1) is 0 Å². The zero-order valence-electron chi connectivity index (χ0n) is 20.6. The van der Waals surface area contributed by atoms with Gasteiger partial charge in [-0.3, -0.25) is 0 Å². The Hall–Kier alpha value is -2.81. The van der Waals surface area contributed by atoms with Crippen molar-refractivity contribution >= 4 is 49.2 Å². The summed E-state index contributed by atoms with van der Waals surface area (Å²) in [5.74, 6) is -0.660. The Balaban J connectivity index is 1.67. The maximum atomic E-state index is 14.1. The summed E-state index contributed by atoms with van der Waals surface area (Å²) >= 11 is 6.58. The Labute approximate surface area is 214 Å². The summed E-state index contributed by atoms with van der Waals surface area (Å²) in [4.78, 5) is 16.6. The number of rotatable bonds is 3. The van der Waals surface area contributed by atoms with Crippen LogP contribution in [0.5, 0.6) is 0 Å². The average Bonchev–Trinajstić information content (AvgIpc) is 3.45. The predicted octanol–water partition coefficient (Wildman–Crippen LogP) is 5.45. The van der Waals surface area contributed by atoms with E-state index in [2.05, 4.69) is 14.9 Å². The van der Waals surface area contributed by atoms with E-state index in [4.69, 9.17) is 16.3 Å². The lowest BCUT2D eigenvalue weighted by Crippen LogP contribution is -2.32. The summed E-state index contributed by atoms with van der Waals surface area (Å²) in [7, 11) is -2.22. The highest BCUT2D eigenvalue weighted by atomic mass is 35.5. The second-order valence-electron chi connectivity index (χ2n) is 10.8. The van der Waals surface area contributed by atoms with E-state index in [1.165, 1.54) is 6.07 Å². The lowest BCUT2D eigenvalue weighted by atomic mass is 9.96. The van der Waals surface area contributed by atoms with Gasteiger partial charge in [-0.1, -0.05) is 29.8 Å². The minimum atomic E-state index is -4.20. The summed E-state index contributed by atoms with van der Waals surface area (Å²) in [5.41, 5.74) is 2.84. The molecule has 2 atom stereocenters. The van der Waals surface area contributed by atoms with Crippen molar-refractivity contribution in [3.8, 4) is 0 Å². The number of aromatic nitrogens is 2. The van der Waals surface area contributed by atoms with Crippen LogP contribution in [0.2, 0.25) is 5.02 Å². The van der Waals surface area contributed by atoms with Gasteiger partial charge in [0.25, 0.3) is 0 Å². The minimum Gasteiger partial charge on any atom is -0.456 e. The molecular formula is C27H28ClN3O4S. The number of carbonyl (C=O) groups is 1. The van der Waals surface area contributed by atoms with Crippen LogP contribution in [0.1, 0.15) is 61.3 Å². The average molecular weight is 526 g/mol. The topological polar surface area (TPSA) is 93.2 Å². The number of para-hydroxylation sites is 1. The van der Waals surface area contributed by atoms with Gasteiger partial charge in [0.15, 0.2) is 5.03 Å². The molecule has 0 spiro atoms. The number of nitrogens with zero attached hydrogens (tertiary/aromatic N) is 1. The fraction of sp³-hybridized carbons (Fsp3) is 0.370. The molecule has 36 heavy (non-hydrogen) atoms. The van der Waals surface area contributed by atoms with E-state index in [0.717, 1.165) is 36.0 Å². The Bertz CT molecular complexity index is 1680. The number of aryl methyl sites for hydroxylation is 1. The molecule has 7 nitrogen and oxygen atoms in total. The predicted molar refractivity (Wildman–Crippen MR) is 139 cm³/mol. The number of esters is 1. The first kappa shape index (κ1) is 23.6. The van der Waals surface area contributed by atoms with Crippen molar-refractivity contribution in [2.24, 2.45) is 7.05 Å². The normalized spacial score (nSPS) is 19.7. The molecule has 2 N–H and O–H groups in total. The molecule has 4 aromatic rings. The fourth-order valence-corrected chi connectivity index (χ4v) is 7.82. The highest BCUT2D eigenvalue weighted by molar-refractivity contribution is 7.91. The minimum absolute atomic E-state index is 0.0678. The monoisotopic (exact) mass is 525 g/mol. The molecule has 2 aliphatic heterocycles. The first-order valence-corrected chi connectivity index (χ1v) is 14.0. The second-order valence-corrected chi connectivity index (χ2v) is 13.0. The Morgan fingerprint density at radius 2 is 1.89 bits per heavy atom. The zero-order chi connectivity index (χ0) is 25.6. The number of fused-ring (bicyclic) bond motifs is 7. The number of hydrogen-bond donors (Lipinski definition) is 2. The number of carbonyl (C=O) groups excluding carboxylic acids is 1. The third kappa shape index (κ3) is 3.42. The number of H-pyrrole nitrogens is 1. The Kier molecular flexibility index (Phi) is 5.14. The molecule has 2 aromatic heterocycles. The van der Waals surface area contributed by atoms with Crippen LogP contribution >= 0.6 is 11.6 Å². The molecule has 2 aliphatic rings. The van der Waals surface area contributed by atoms with Crippen molar-refractivity contribution in [2.75, 3.05) is 0 Å². The molecule has 0 saturated carbocycles. The Morgan fingerprint density at radius 1 is 1.14 bits per heavy atom. The molecule has 9 heteroatoms. The number of halogens is 1. The van der Waals surface area contributed by atoms with Crippen molar-refractivity contribution in [3.05, 3.63) is 58.2 Å². The Morgan fingerprint density at radius 3 is 2.61 bits per heavy atom. The first-order chi connectivity index (χ1) is 17.0. The fourth-order valence-electron chi connectivity index (χ4n) is 5.79. The maximum absolute atomic E-state index is 14.1. The highest BCUT2D eigenvalue weighted by Crippen LogP contribution is 2.45. The van der Waals surface area contributed by atoms with E-state index < -0.39 is 21.4 Å². The number of ether oxygens (including phenoxy) is 1. The number of benzene rings is 2. The highest BCUT2D eigenvalue weighted by Gasteiger charge is 2.40. The molecule has 2 unspecified atom stereocenters. The van der Waals surface area contributed by atoms with Crippen LogP contribution in [0.15, 0.2) is 46.3 Å². The van der Waals surface area contributed by atoms with Gasteiger partial charge in [0.1, 0.15) is 5.60 Å². The maximum Gasteiger partial charge on any atom is 0.340 e. The molecule has 0 amide bonds. The van der Waals surface area contributed by atoms with E-state index >= 15 is 0 Å².